The van der Waals surface area contributed by atoms with Crippen molar-refractivity contribution in [3.05, 3.63) is 71.8 Å². The van der Waals surface area contributed by atoms with E-state index in [0.29, 0.717) is 11.1 Å². The first-order valence-corrected chi connectivity index (χ1v) is 7.38. The maximum absolute atomic E-state index is 11.9. The van der Waals surface area contributed by atoms with Crippen LogP contribution in [0.3, 0.4) is 0 Å². The van der Waals surface area contributed by atoms with Crippen LogP contribution in [0, 0.1) is 0 Å². The molecule has 0 saturated heterocycles. The van der Waals surface area contributed by atoms with Crippen LogP contribution in [0.2, 0.25) is 0 Å². The van der Waals surface area contributed by atoms with Gasteiger partial charge in [-0.05, 0) is 18.9 Å². The van der Waals surface area contributed by atoms with Gasteiger partial charge in [0.1, 0.15) is 11.9 Å². The quantitative estimate of drug-likeness (QED) is 0.849. The van der Waals surface area contributed by atoms with Gasteiger partial charge in [-0.2, -0.15) is 0 Å². The molecule has 0 aliphatic rings. The van der Waals surface area contributed by atoms with E-state index < -0.39 is 6.10 Å². The molecule has 0 fully saturated rings. The second kappa shape index (κ2) is 9.64. The van der Waals surface area contributed by atoms with Crippen LogP contribution in [0.4, 0.5) is 0 Å². The molecule has 0 saturated carbocycles. The summed E-state index contributed by atoms with van der Waals surface area (Å²) < 4.78 is 0. The fourth-order valence-corrected chi connectivity index (χ4v) is 1.90. The number of aliphatic hydroxyl groups excluding tert-OH is 1. The van der Waals surface area contributed by atoms with E-state index in [0.717, 1.165) is 12.8 Å². The number of rotatable bonds is 5. The topological polar surface area (TPSA) is 54.4 Å². The van der Waals surface area contributed by atoms with E-state index in [1.807, 2.05) is 19.1 Å². The van der Waals surface area contributed by atoms with Crippen molar-refractivity contribution in [2.75, 3.05) is 0 Å². The molecule has 0 radical (unpaired) electrons. The number of hydrogen-bond acceptors (Lipinski definition) is 3. The maximum Gasteiger partial charge on any atom is 0.195 e. The third kappa shape index (κ3) is 6.02. The van der Waals surface area contributed by atoms with Gasteiger partial charge in [-0.25, -0.2) is 0 Å². The lowest BCUT2D eigenvalue weighted by Crippen LogP contribution is -2.11. The highest BCUT2D eigenvalue weighted by molar-refractivity contribution is 5.99. The Balaban J connectivity index is 0.000000346. The summed E-state index contributed by atoms with van der Waals surface area (Å²) in [7, 11) is 0. The molecule has 2 rings (SSSR count). The largest absolute Gasteiger partial charge is 0.380 e. The van der Waals surface area contributed by atoms with Gasteiger partial charge in [-0.3, -0.25) is 4.79 Å². The van der Waals surface area contributed by atoms with Crippen molar-refractivity contribution in [1.82, 2.24) is 0 Å². The highest BCUT2D eigenvalue weighted by Crippen LogP contribution is 2.17. The van der Waals surface area contributed by atoms with Gasteiger partial charge in [0.25, 0.3) is 0 Å². The van der Waals surface area contributed by atoms with E-state index >= 15 is 0 Å². The van der Waals surface area contributed by atoms with Crippen molar-refractivity contribution in [2.45, 2.75) is 32.8 Å². The lowest BCUT2D eigenvalue weighted by molar-refractivity contribution is -0.117. The van der Waals surface area contributed by atoms with Gasteiger partial charge >= 0.3 is 0 Å². The summed E-state index contributed by atoms with van der Waals surface area (Å²) in [5.41, 5.74) is 1.15. The summed E-state index contributed by atoms with van der Waals surface area (Å²) in [5.74, 6) is 0.0179. The van der Waals surface area contributed by atoms with Crippen LogP contribution in [0.25, 0.3) is 0 Å². The SMILES string of the molecule is CCCC(C)=O.O=C(c1ccccc1)C(O)c1ccccc1. The minimum atomic E-state index is -1.08. The Morgan fingerprint density at radius 1 is 0.955 bits per heavy atom. The third-order valence-corrected chi connectivity index (χ3v) is 3.02. The zero-order valence-electron chi connectivity index (χ0n) is 13.0. The average Bonchev–Trinajstić information content (AvgIpc) is 2.55. The van der Waals surface area contributed by atoms with Crippen LogP contribution in [0.1, 0.15) is 48.7 Å². The van der Waals surface area contributed by atoms with Crippen molar-refractivity contribution in [3.63, 3.8) is 0 Å². The van der Waals surface area contributed by atoms with Crippen molar-refractivity contribution in [3.8, 4) is 0 Å². The van der Waals surface area contributed by atoms with Gasteiger partial charge in [0.15, 0.2) is 5.78 Å². The zero-order chi connectivity index (χ0) is 16.4. The fourth-order valence-electron chi connectivity index (χ4n) is 1.90. The molecule has 0 aliphatic carbocycles. The van der Waals surface area contributed by atoms with Crippen LogP contribution in [-0.2, 0) is 4.79 Å². The molecule has 2 aromatic carbocycles. The van der Waals surface area contributed by atoms with Crippen LogP contribution < -0.4 is 0 Å². The maximum atomic E-state index is 11.9. The van der Waals surface area contributed by atoms with E-state index in [2.05, 4.69) is 0 Å². The summed E-state index contributed by atoms with van der Waals surface area (Å²) >= 11 is 0. The van der Waals surface area contributed by atoms with Gasteiger partial charge in [-0.15, -0.1) is 0 Å². The zero-order valence-corrected chi connectivity index (χ0v) is 13.0. The molecule has 0 heterocycles. The molecule has 0 amide bonds. The molecule has 22 heavy (non-hydrogen) atoms. The smallest absolute Gasteiger partial charge is 0.195 e. The minimum absolute atomic E-state index is 0.271. The molecule has 1 unspecified atom stereocenters. The highest BCUT2D eigenvalue weighted by Gasteiger charge is 2.18. The van der Waals surface area contributed by atoms with Crippen molar-refractivity contribution in [2.24, 2.45) is 0 Å². The van der Waals surface area contributed by atoms with Crippen LogP contribution >= 0.6 is 0 Å². The van der Waals surface area contributed by atoms with Gasteiger partial charge in [0, 0.05) is 12.0 Å². The summed E-state index contributed by atoms with van der Waals surface area (Å²) in [4.78, 5) is 21.9. The molecule has 1 atom stereocenters. The van der Waals surface area contributed by atoms with Crippen LogP contribution in [0.15, 0.2) is 60.7 Å². The van der Waals surface area contributed by atoms with Crippen molar-refractivity contribution >= 4 is 11.6 Å². The molecule has 1 N–H and O–H groups in total. The summed E-state index contributed by atoms with van der Waals surface area (Å²) in [6.45, 7) is 3.62. The second-order valence-electron chi connectivity index (χ2n) is 5.00. The Hall–Kier alpha value is -2.26. The first kappa shape index (κ1) is 17.8. The van der Waals surface area contributed by atoms with Gasteiger partial charge in [0.2, 0.25) is 0 Å². The monoisotopic (exact) mass is 298 g/mol. The first-order chi connectivity index (χ1) is 10.6. The average molecular weight is 298 g/mol. The van der Waals surface area contributed by atoms with Crippen molar-refractivity contribution < 1.29 is 14.7 Å². The van der Waals surface area contributed by atoms with Crippen LogP contribution in [-0.4, -0.2) is 16.7 Å². The molecule has 2 aromatic rings. The Bertz CT molecular complexity index is 576. The number of ketones is 2. The van der Waals surface area contributed by atoms with Gasteiger partial charge in [0.05, 0.1) is 0 Å². The Kier molecular flexibility index (Phi) is 7.79. The Labute approximate surface area is 131 Å². The molecule has 0 spiro atoms. The van der Waals surface area contributed by atoms with E-state index in [1.54, 1.807) is 55.5 Å². The lowest BCUT2D eigenvalue weighted by atomic mass is 10.0. The summed E-state index contributed by atoms with van der Waals surface area (Å²) in [6.07, 6.45) is 0.638. The predicted molar refractivity (Wildman–Crippen MR) is 87.8 cm³/mol. The molecular formula is C19H22O3. The number of benzene rings is 2. The molecule has 3 nitrogen and oxygen atoms in total. The predicted octanol–water partition coefficient (Wildman–Crippen LogP) is 3.98. The Morgan fingerprint density at radius 3 is 1.86 bits per heavy atom. The minimum Gasteiger partial charge on any atom is -0.380 e. The molecule has 0 aromatic heterocycles. The first-order valence-electron chi connectivity index (χ1n) is 7.38. The summed E-state index contributed by atoms with van der Waals surface area (Å²) in [6, 6.07) is 17.7. The molecule has 0 bridgehead atoms. The standard InChI is InChI=1S/C14H12O2.C5H10O/c15-13(11-7-3-1-4-8-11)14(16)12-9-5-2-6-10-12;1-3-4-5(2)6/h1-10,13,15H;3-4H2,1-2H3. The summed E-state index contributed by atoms with van der Waals surface area (Å²) in [5, 5.41) is 9.89. The van der Waals surface area contributed by atoms with Crippen molar-refractivity contribution in [1.29, 1.82) is 0 Å². The van der Waals surface area contributed by atoms with E-state index in [9.17, 15) is 14.7 Å². The van der Waals surface area contributed by atoms with E-state index in [-0.39, 0.29) is 11.6 Å². The second-order valence-corrected chi connectivity index (χ2v) is 5.00. The molecule has 3 heteroatoms. The van der Waals surface area contributed by atoms with Crippen LogP contribution in [0.5, 0.6) is 0 Å². The molecule has 116 valence electrons. The normalized spacial score (nSPS) is 11.0. The van der Waals surface area contributed by atoms with E-state index in [4.69, 9.17) is 0 Å². The number of carbonyl (C=O) groups excluding carboxylic acids is 2. The molecular weight excluding hydrogens is 276 g/mol. The third-order valence-electron chi connectivity index (χ3n) is 3.02. The Morgan fingerprint density at radius 2 is 1.45 bits per heavy atom. The highest BCUT2D eigenvalue weighted by atomic mass is 16.3. The number of aliphatic hydroxyl groups is 1. The number of hydrogen-bond donors (Lipinski definition) is 1. The van der Waals surface area contributed by atoms with Gasteiger partial charge < -0.3 is 9.90 Å². The number of carbonyl (C=O) groups is 2. The molecule has 0 aliphatic heterocycles. The van der Waals surface area contributed by atoms with Gasteiger partial charge in [-0.1, -0.05) is 67.6 Å². The number of Topliss-reactive ketones (excluding diaryl/α,β-unsaturated/α-hetero) is 2. The fraction of sp³-hybridized carbons (Fsp3) is 0.263. The lowest BCUT2D eigenvalue weighted by Gasteiger charge is -2.09. The van der Waals surface area contributed by atoms with E-state index in [1.165, 1.54) is 0 Å².